The van der Waals surface area contributed by atoms with E-state index in [2.05, 4.69) is 9.93 Å². The molecule has 0 radical (unpaired) electrons. The number of rotatable bonds is 6. The third-order valence-electron chi connectivity index (χ3n) is 6.24. The lowest BCUT2D eigenvalue weighted by Gasteiger charge is -2.24. The van der Waals surface area contributed by atoms with Gasteiger partial charge in [0, 0.05) is 0 Å². The Balaban J connectivity index is 1.30. The van der Waals surface area contributed by atoms with Crippen molar-refractivity contribution < 1.29 is 27.5 Å². The first-order valence-electron chi connectivity index (χ1n) is 10.3. The number of hydrogen-bond donors (Lipinski definition) is 1. The molecule has 4 atom stereocenters. The Kier molecular flexibility index (Phi) is 4.87. The third-order valence-corrected chi connectivity index (χ3v) is 7.48. The van der Waals surface area contributed by atoms with Crippen LogP contribution in [0.5, 0.6) is 5.75 Å². The minimum absolute atomic E-state index is 0.0468. The molecule has 2 amide bonds. The highest BCUT2D eigenvalue weighted by atomic mass is 32.2. The molecule has 0 unspecified atom stereocenters. The highest BCUT2D eigenvalue weighted by Gasteiger charge is 2.66. The molecule has 0 aliphatic carbocycles. The van der Waals surface area contributed by atoms with Gasteiger partial charge in [-0.3, -0.25) is 9.59 Å². The standard InChI is InChI=1S/C23H21N3O6S/c1-23-12-11-18(32-23)19-20(23)22(28)26(21(19)27)15-5-9-17(10-6-15)33(29,30)25-24-13-14-3-7-16(31-2)8-4-14/h3-13,18-20,25H,1-2H3/b24-13+/t18-,19-,20+,23+/m1/s1. The predicted molar refractivity (Wildman–Crippen MR) is 119 cm³/mol. The molecule has 33 heavy (non-hydrogen) atoms. The van der Waals surface area contributed by atoms with Crippen molar-refractivity contribution in [3.05, 3.63) is 66.2 Å². The summed E-state index contributed by atoms with van der Waals surface area (Å²) in [5, 5.41) is 3.80. The largest absolute Gasteiger partial charge is 0.497 e. The van der Waals surface area contributed by atoms with Crippen LogP contribution in [0.25, 0.3) is 0 Å². The van der Waals surface area contributed by atoms with E-state index in [0.29, 0.717) is 17.0 Å². The second kappa shape index (κ2) is 7.53. The number of carbonyl (C=O) groups is 2. The van der Waals surface area contributed by atoms with Crippen LogP contribution in [0.4, 0.5) is 5.69 Å². The molecule has 5 rings (SSSR count). The molecule has 10 heteroatoms. The first-order chi connectivity index (χ1) is 15.7. The number of hydrogen-bond acceptors (Lipinski definition) is 7. The Morgan fingerprint density at radius 2 is 1.79 bits per heavy atom. The van der Waals surface area contributed by atoms with Gasteiger partial charge in [0.1, 0.15) is 5.75 Å². The smallest absolute Gasteiger partial charge is 0.276 e. The number of nitrogens with one attached hydrogen (secondary N) is 1. The minimum atomic E-state index is -3.93. The Morgan fingerprint density at radius 3 is 2.42 bits per heavy atom. The van der Waals surface area contributed by atoms with Gasteiger partial charge in [-0.05, 0) is 61.0 Å². The molecule has 170 valence electrons. The molecule has 2 aromatic rings. The van der Waals surface area contributed by atoms with E-state index in [-0.39, 0.29) is 16.7 Å². The first kappa shape index (κ1) is 21.4. The number of carbonyl (C=O) groups excluding carboxylic acids is 2. The molecule has 3 aliphatic rings. The van der Waals surface area contributed by atoms with Crippen LogP contribution in [0.2, 0.25) is 0 Å². The van der Waals surface area contributed by atoms with E-state index in [1.807, 2.05) is 12.2 Å². The van der Waals surface area contributed by atoms with Crippen LogP contribution in [0.3, 0.4) is 0 Å². The van der Waals surface area contributed by atoms with Crippen LogP contribution in [0.1, 0.15) is 12.5 Å². The van der Waals surface area contributed by atoms with E-state index in [4.69, 9.17) is 9.47 Å². The van der Waals surface area contributed by atoms with Crippen LogP contribution < -0.4 is 14.5 Å². The molecule has 2 aromatic carbocycles. The quantitative estimate of drug-likeness (QED) is 0.300. The lowest BCUT2D eigenvalue weighted by molar-refractivity contribution is -0.126. The SMILES string of the molecule is COc1ccc(/C=N/NS(=O)(=O)c2ccc(N3C(=O)[C@H]4[C@@H](C3=O)[C@]3(C)C=C[C@H]4O3)cc2)cc1. The summed E-state index contributed by atoms with van der Waals surface area (Å²) in [6.07, 6.45) is 4.62. The molecule has 1 N–H and O–H groups in total. The van der Waals surface area contributed by atoms with E-state index >= 15 is 0 Å². The van der Waals surface area contributed by atoms with Gasteiger partial charge in [-0.1, -0.05) is 12.2 Å². The molecular formula is C23H21N3O6S. The Labute approximate surface area is 190 Å². The maximum atomic E-state index is 13.0. The van der Waals surface area contributed by atoms with Crippen molar-refractivity contribution in [2.24, 2.45) is 16.9 Å². The summed E-state index contributed by atoms with van der Waals surface area (Å²) in [5.41, 5.74) is 0.223. The van der Waals surface area contributed by atoms with Crippen LogP contribution in [0.15, 0.2) is 70.7 Å². The van der Waals surface area contributed by atoms with Gasteiger partial charge >= 0.3 is 0 Å². The molecular weight excluding hydrogens is 446 g/mol. The summed E-state index contributed by atoms with van der Waals surface area (Å²) in [5.74, 6) is -1.11. The number of ether oxygens (including phenoxy) is 2. The van der Waals surface area contributed by atoms with Gasteiger partial charge in [0.05, 0.1) is 47.4 Å². The van der Waals surface area contributed by atoms with Gasteiger partial charge < -0.3 is 9.47 Å². The summed E-state index contributed by atoms with van der Waals surface area (Å²) in [6.45, 7) is 1.80. The molecule has 3 heterocycles. The summed E-state index contributed by atoms with van der Waals surface area (Å²) >= 11 is 0. The van der Waals surface area contributed by atoms with Crippen molar-refractivity contribution in [3.8, 4) is 5.75 Å². The average molecular weight is 468 g/mol. The van der Waals surface area contributed by atoms with Crippen molar-refractivity contribution in [1.29, 1.82) is 0 Å². The van der Waals surface area contributed by atoms with Gasteiger partial charge in [-0.15, -0.1) is 0 Å². The highest BCUT2D eigenvalue weighted by Crippen LogP contribution is 2.52. The number of imide groups is 1. The van der Waals surface area contributed by atoms with Crippen molar-refractivity contribution >= 4 is 33.7 Å². The summed E-state index contributed by atoms with van der Waals surface area (Å²) in [7, 11) is -2.38. The van der Waals surface area contributed by atoms with Gasteiger partial charge in [-0.2, -0.15) is 13.5 Å². The zero-order valence-electron chi connectivity index (χ0n) is 17.8. The van der Waals surface area contributed by atoms with Crippen molar-refractivity contribution in [1.82, 2.24) is 4.83 Å². The van der Waals surface area contributed by atoms with Crippen molar-refractivity contribution in [3.63, 3.8) is 0 Å². The van der Waals surface area contributed by atoms with Crippen LogP contribution in [0, 0.1) is 11.8 Å². The molecule has 3 aliphatic heterocycles. The molecule has 9 nitrogen and oxygen atoms in total. The lowest BCUT2D eigenvalue weighted by atomic mass is 9.78. The summed E-state index contributed by atoms with van der Waals surface area (Å²) in [6, 6.07) is 12.5. The number of methoxy groups -OCH3 is 1. The van der Waals surface area contributed by atoms with Gasteiger partial charge in [-0.25, -0.2) is 9.73 Å². The van der Waals surface area contributed by atoms with Gasteiger partial charge in [0.15, 0.2) is 0 Å². The normalized spacial score (nSPS) is 28.1. The van der Waals surface area contributed by atoms with Crippen LogP contribution in [-0.4, -0.2) is 45.3 Å². The maximum Gasteiger partial charge on any atom is 0.276 e. The summed E-state index contributed by atoms with van der Waals surface area (Å²) < 4.78 is 36.0. The minimum Gasteiger partial charge on any atom is -0.497 e. The number of benzene rings is 2. The van der Waals surface area contributed by atoms with E-state index in [1.165, 1.54) is 30.5 Å². The molecule has 0 spiro atoms. The number of sulfonamides is 1. The maximum absolute atomic E-state index is 13.0. The second-order valence-electron chi connectivity index (χ2n) is 8.26. The van der Waals surface area contributed by atoms with Crippen molar-refractivity contribution in [2.75, 3.05) is 12.0 Å². The predicted octanol–water partition coefficient (Wildman–Crippen LogP) is 1.84. The lowest BCUT2D eigenvalue weighted by Crippen LogP contribution is -2.38. The Hall–Kier alpha value is -3.50. The fraction of sp³-hybridized carbons (Fsp3) is 0.261. The molecule has 2 fully saturated rings. The van der Waals surface area contributed by atoms with E-state index in [1.54, 1.807) is 38.3 Å². The van der Waals surface area contributed by atoms with Crippen LogP contribution >= 0.6 is 0 Å². The molecule has 2 bridgehead atoms. The van der Waals surface area contributed by atoms with Gasteiger partial charge in [0.2, 0.25) is 11.8 Å². The number of amides is 2. The van der Waals surface area contributed by atoms with Crippen molar-refractivity contribution in [2.45, 2.75) is 23.5 Å². The van der Waals surface area contributed by atoms with Gasteiger partial charge in [0.25, 0.3) is 10.0 Å². The highest BCUT2D eigenvalue weighted by molar-refractivity contribution is 7.89. The fourth-order valence-corrected chi connectivity index (χ4v) is 5.39. The number of hydrazone groups is 1. The Morgan fingerprint density at radius 1 is 1.09 bits per heavy atom. The third kappa shape index (κ3) is 3.42. The monoisotopic (exact) mass is 467 g/mol. The van der Waals surface area contributed by atoms with E-state index in [9.17, 15) is 18.0 Å². The molecule has 2 saturated heterocycles. The van der Waals surface area contributed by atoms with Crippen LogP contribution in [-0.2, 0) is 24.3 Å². The Bertz CT molecular complexity index is 1290. The number of fused-ring (bicyclic) bond motifs is 5. The molecule has 0 aromatic heterocycles. The zero-order valence-corrected chi connectivity index (χ0v) is 18.7. The van der Waals surface area contributed by atoms with E-state index in [0.717, 1.165) is 4.90 Å². The average Bonchev–Trinajstić information content (AvgIpc) is 3.42. The number of nitrogens with zero attached hydrogens (tertiary/aromatic N) is 2. The summed E-state index contributed by atoms with van der Waals surface area (Å²) in [4.78, 5) is 29.2. The number of anilines is 1. The van der Waals surface area contributed by atoms with E-state index < -0.39 is 33.6 Å². The first-order valence-corrected chi connectivity index (χ1v) is 11.8. The molecule has 0 saturated carbocycles. The fourth-order valence-electron chi connectivity index (χ4n) is 4.59. The topological polar surface area (TPSA) is 114 Å². The second-order valence-corrected chi connectivity index (χ2v) is 9.92. The zero-order chi connectivity index (χ0) is 23.4.